The van der Waals surface area contributed by atoms with Crippen molar-refractivity contribution in [2.75, 3.05) is 32.3 Å². The molecule has 0 spiro atoms. The zero-order valence-corrected chi connectivity index (χ0v) is 21.8. The Morgan fingerprint density at radius 3 is 2.53 bits per heavy atom. The van der Waals surface area contributed by atoms with Gasteiger partial charge in [-0.05, 0) is 61.2 Å². The SMILES string of the molecule is CN(C)C=O.COc1ccc(-c2ccc(C#N)c(SCC(=O)Nc3sc4c(c3C#N)CCC4)n2)cc1. The fourth-order valence-corrected chi connectivity index (χ4v) is 5.49. The largest absolute Gasteiger partial charge is 0.497 e. The summed E-state index contributed by atoms with van der Waals surface area (Å²) >= 11 is 2.70. The lowest BCUT2D eigenvalue weighted by Crippen LogP contribution is -2.14. The third-order valence-corrected chi connectivity index (χ3v) is 7.40. The molecule has 2 heterocycles. The Kier molecular flexibility index (Phi) is 9.46. The summed E-state index contributed by atoms with van der Waals surface area (Å²) in [6.07, 6.45) is 3.67. The zero-order chi connectivity index (χ0) is 26.1. The van der Waals surface area contributed by atoms with E-state index in [1.165, 1.54) is 32.9 Å². The number of aromatic nitrogens is 1. The predicted molar refractivity (Wildman–Crippen MR) is 141 cm³/mol. The number of nitriles is 2. The van der Waals surface area contributed by atoms with Gasteiger partial charge in [-0.2, -0.15) is 10.5 Å². The van der Waals surface area contributed by atoms with Crippen LogP contribution in [-0.4, -0.2) is 49.2 Å². The van der Waals surface area contributed by atoms with Crippen molar-refractivity contribution in [3.05, 3.63) is 58.0 Å². The van der Waals surface area contributed by atoms with Gasteiger partial charge in [-0.3, -0.25) is 9.59 Å². The fraction of sp³-hybridized carbons (Fsp3) is 0.269. The van der Waals surface area contributed by atoms with E-state index in [-0.39, 0.29) is 11.7 Å². The number of hydrogen-bond acceptors (Lipinski definition) is 8. The Balaban J connectivity index is 0.000000658. The van der Waals surface area contributed by atoms with Crippen molar-refractivity contribution >= 4 is 40.4 Å². The number of nitrogens with zero attached hydrogens (tertiary/aromatic N) is 4. The predicted octanol–water partition coefficient (Wildman–Crippen LogP) is 4.49. The van der Waals surface area contributed by atoms with Crippen LogP contribution in [0.5, 0.6) is 5.75 Å². The van der Waals surface area contributed by atoms with Gasteiger partial charge in [-0.25, -0.2) is 4.98 Å². The molecule has 0 radical (unpaired) electrons. The molecule has 0 fully saturated rings. The second kappa shape index (κ2) is 12.7. The molecule has 0 bridgehead atoms. The van der Waals surface area contributed by atoms with Gasteiger partial charge in [-0.1, -0.05) is 11.8 Å². The first kappa shape index (κ1) is 26.7. The maximum Gasteiger partial charge on any atom is 0.235 e. The maximum atomic E-state index is 12.5. The Bertz CT molecular complexity index is 1320. The molecule has 3 aromatic rings. The highest BCUT2D eigenvalue weighted by molar-refractivity contribution is 8.00. The van der Waals surface area contributed by atoms with E-state index < -0.39 is 0 Å². The van der Waals surface area contributed by atoms with Crippen LogP contribution in [0.2, 0.25) is 0 Å². The number of anilines is 1. The van der Waals surface area contributed by atoms with Crippen LogP contribution in [0.1, 0.15) is 28.0 Å². The Morgan fingerprint density at radius 1 is 1.19 bits per heavy atom. The molecule has 0 unspecified atom stereocenters. The van der Waals surface area contributed by atoms with Crippen LogP contribution in [-0.2, 0) is 22.4 Å². The van der Waals surface area contributed by atoms with Gasteiger partial charge in [0.25, 0.3) is 0 Å². The lowest BCUT2D eigenvalue weighted by Gasteiger charge is -2.08. The number of thiophene rings is 1. The molecular weight excluding hydrogens is 494 g/mol. The van der Waals surface area contributed by atoms with Crippen molar-refractivity contribution < 1.29 is 14.3 Å². The van der Waals surface area contributed by atoms with Crippen molar-refractivity contribution in [2.45, 2.75) is 24.3 Å². The second-order valence-electron chi connectivity index (χ2n) is 7.97. The summed E-state index contributed by atoms with van der Waals surface area (Å²) in [7, 11) is 4.98. The number of carbonyl (C=O) groups is 2. The van der Waals surface area contributed by atoms with E-state index in [4.69, 9.17) is 4.74 Å². The first-order valence-electron chi connectivity index (χ1n) is 11.0. The third-order valence-electron chi connectivity index (χ3n) is 5.20. The average molecular weight is 520 g/mol. The van der Waals surface area contributed by atoms with Gasteiger partial charge in [0.2, 0.25) is 12.3 Å². The molecule has 0 saturated carbocycles. The van der Waals surface area contributed by atoms with Crippen LogP contribution in [0.15, 0.2) is 41.4 Å². The average Bonchev–Trinajstić information content (AvgIpc) is 3.48. The second-order valence-corrected chi connectivity index (χ2v) is 10.0. The monoisotopic (exact) mass is 519 g/mol. The third kappa shape index (κ3) is 6.63. The van der Waals surface area contributed by atoms with Gasteiger partial charge in [0.05, 0.1) is 29.7 Å². The normalized spacial score (nSPS) is 11.2. The number of pyridine rings is 1. The fourth-order valence-electron chi connectivity index (χ4n) is 3.47. The molecule has 4 rings (SSSR count). The minimum absolute atomic E-state index is 0.0984. The number of rotatable bonds is 7. The van der Waals surface area contributed by atoms with E-state index in [1.807, 2.05) is 24.3 Å². The molecule has 1 aliphatic rings. The molecule has 10 heteroatoms. The topological polar surface area (TPSA) is 119 Å². The summed E-state index contributed by atoms with van der Waals surface area (Å²) in [5.74, 6) is 0.628. The summed E-state index contributed by atoms with van der Waals surface area (Å²) < 4.78 is 5.18. The van der Waals surface area contributed by atoms with Crippen LogP contribution in [0.3, 0.4) is 0 Å². The van der Waals surface area contributed by atoms with Crippen LogP contribution in [0.4, 0.5) is 5.00 Å². The standard InChI is InChI=1S/C23H18N4O2S2.C3H7NO/c1-29-16-8-5-14(6-9-16)19-10-7-15(11-24)22(26-19)30-13-21(28)27-23-18(12-25)17-3-2-4-20(17)31-23;1-4(2)3-5/h5-10H,2-4,13H2,1H3,(H,27,28);3H,1-2H3. The quantitative estimate of drug-likeness (QED) is 0.361. The van der Waals surface area contributed by atoms with Gasteiger partial charge in [0.15, 0.2) is 0 Å². The van der Waals surface area contributed by atoms with Crippen molar-refractivity contribution in [3.8, 4) is 29.1 Å². The van der Waals surface area contributed by atoms with Gasteiger partial charge in [-0.15, -0.1) is 11.3 Å². The highest BCUT2D eigenvalue weighted by atomic mass is 32.2. The molecule has 1 N–H and O–H groups in total. The minimum Gasteiger partial charge on any atom is -0.497 e. The number of methoxy groups -OCH3 is 1. The first-order chi connectivity index (χ1) is 17.4. The lowest BCUT2D eigenvalue weighted by atomic mass is 10.1. The van der Waals surface area contributed by atoms with Crippen molar-refractivity contribution in [1.29, 1.82) is 10.5 Å². The van der Waals surface area contributed by atoms with E-state index >= 15 is 0 Å². The van der Waals surface area contributed by atoms with Crippen molar-refractivity contribution in [1.82, 2.24) is 9.88 Å². The molecule has 2 amide bonds. The molecular formula is C26H25N5O3S2. The van der Waals surface area contributed by atoms with Gasteiger partial charge >= 0.3 is 0 Å². The molecule has 0 atom stereocenters. The number of carbonyl (C=O) groups excluding carboxylic acids is 2. The van der Waals surface area contributed by atoms with Gasteiger partial charge in [0.1, 0.15) is 27.9 Å². The Morgan fingerprint density at radius 2 is 1.92 bits per heavy atom. The summed E-state index contributed by atoms with van der Waals surface area (Å²) in [6.45, 7) is 0. The molecule has 2 aromatic heterocycles. The minimum atomic E-state index is -0.220. The molecule has 36 heavy (non-hydrogen) atoms. The van der Waals surface area contributed by atoms with E-state index in [0.29, 0.717) is 26.8 Å². The van der Waals surface area contributed by atoms with E-state index in [0.717, 1.165) is 42.5 Å². The summed E-state index contributed by atoms with van der Waals surface area (Å²) in [5, 5.41) is 22.9. The number of amides is 2. The van der Waals surface area contributed by atoms with Crippen LogP contribution < -0.4 is 10.1 Å². The number of fused-ring (bicyclic) bond motifs is 1. The summed E-state index contributed by atoms with van der Waals surface area (Å²) in [5.41, 5.74) is 3.70. The molecule has 1 aliphatic carbocycles. The molecule has 8 nitrogen and oxygen atoms in total. The number of nitrogens with one attached hydrogen (secondary N) is 1. The maximum absolute atomic E-state index is 12.5. The van der Waals surface area contributed by atoms with Crippen LogP contribution in [0, 0.1) is 22.7 Å². The highest BCUT2D eigenvalue weighted by Gasteiger charge is 2.23. The molecule has 184 valence electrons. The molecule has 1 aromatic carbocycles. The summed E-state index contributed by atoms with van der Waals surface area (Å²) in [4.78, 5) is 29.2. The summed E-state index contributed by atoms with van der Waals surface area (Å²) in [6, 6.07) is 15.4. The van der Waals surface area contributed by atoms with Crippen LogP contribution in [0.25, 0.3) is 11.3 Å². The van der Waals surface area contributed by atoms with E-state index in [1.54, 1.807) is 33.3 Å². The van der Waals surface area contributed by atoms with Gasteiger partial charge in [0, 0.05) is 24.5 Å². The Hall–Kier alpha value is -3.86. The number of thioether (sulfide) groups is 1. The Labute approximate surface area is 218 Å². The number of hydrogen-bond donors (Lipinski definition) is 1. The zero-order valence-electron chi connectivity index (χ0n) is 20.2. The van der Waals surface area contributed by atoms with E-state index in [9.17, 15) is 20.1 Å². The number of aryl methyl sites for hydroxylation is 1. The lowest BCUT2D eigenvalue weighted by molar-refractivity contribution is -0.116. The first-order valence-corrected chi connectivity index (χ1v) is 12.8. The number of ether oxygens (including phenoxy) is 1. The molecule has 0 aliphatic heterocycles. The highest BCUT2D eigenvalue weighted by Crippen LogP contribution is 2.38. The van der Waals surface area contributed by atoms with Crippen molar-refractivity contribution in [3.63, 3.8) is 0 Å². The smallest absolute Gasteiger partial charge is 0.235 e. The van der Waals surface area contributed by atoms with Crippen molar-refractivity contribution in [2.24, 2.45) is 0 Å². The van der Waals surface area contributed by atoms with Crippen LogP contribution >= 0.6 is 23.1 Å². The number of benzene rings is 1. The van der Waals surface area contributed by atoms with E-state index in [2.05, 4.69) is 22.4 Å². The molecule has 0 saturated heterocycles. The van der Waals surface area contributed by atoms with Gasteiger partial charge < -0.3 is 15.0 Å².